The smallest absolute Gasteiger partial charge is 0.240 e. The monoisotopic (exact) mass is 412 g/mol. The third-order valence-corrected chi connectivity index (χ3v) is 6.00. The number of benzene rings is 2. The first-order valence-electron chi connectivity index (χ1n) is 8.80. The maximum atomic E-state index is 13.4. The molecule has 0 saturated carbocycles. The van der Waals surface area contributed by atoms with E-state index in [1.165, 1.54) is 0 Å². The lowest BCUT2D eigenvalue weighted by Gasteiger charge is -2.35. The van der Waals surface area contributed by atoms with E-state index in [9.17, 15) is 17.2 Å². The number of nitrogens with zero attached hydrogens (tertiary/aromatic N) is 1. The van der Waals surface area contributed by atoms with Crippen LogP contribution < -0.4 is 9.46 Å². The van der Waals surface area contributed by atoms with Gasteiger partial charge >= 0.3 is 0 Å². The van der Waals surface area contributed by atoms with E-state index < -0.39 is 26.6 Å². The van der Waals surface area contributed by atoms with Gasteiger partial charge in [0.05, 0.1) is 25.2 Å². The lowest BCUT2D eigenvalue weighted by atomic mass is 10.0. The van der Waals surface area contributed by atoms with Gasteiger partial charge in [0.2, 0.25) is 10.0 Å². The molecule has 1 fully saturated rings. The molecule has 0 spiro atoms. The van der Waals surface area contributed by atoms with E-state index in [-0.39, 0.29) is 12.6 Å². The first-order chi connectivity index (χ1) is 13.4. The van der Waals surface area contributed by atoms with Gasteiger partial charge in [-0.1, -0.05) is 12.1 Å². The van der Waals surface area contributed by atoms with E-state index in [0.29, 0.717) is 38.1 Å². The third-order valence-electron chi connectivity index (χ3n) is 4.60. The molecule has 1 heterocycles. The van der Waals surface area contributed by atoms with Crippen LogP contribution in [0.3, 0.4) is 0 Å². The van der Waals surface area contributed by atoms with Crippen LogP contribution in [0.5, 0.6) is 5.75 Å². The summed E-state index contributed by atoms with van der Waals surface area (Å²) in [6.45, 7) is 2.44. The Morgan fingerprint density at radius 2 is 1.71 bits per heavy atom. The second kappa shape index (κ2) is 8.95. The first-order valence-corrected chi connectivity index (χ1v) is 10.3. The summed E-state index contributed by atoms with van der Waals surface area (Å²) in [5.41, 5.74) is 0.899. The van der Waals surface area contributed by atoms with Crippen LogP contribution in [0.4, 0.5) is 8.78 Å². The summed E-state index contributed by atoms with van der Waals surface area (Å²) in [5.74, 6) is -1.19. The molecule has 9 heteroatoms. The van der Waals surface area contributed by atoms with E-state index >= 15 is 0 Å². The number of nitrogens with one attached hydrogen (secondary N) is 1. The first kappa shape index (κ1) is 20.7. The highest BCUT2D eigenvalue weighted by Crippen LogP contribution is 2.24. The Kier molecular flexibility index (Phi) is 6.61. The average molecular weight is 412 g/mol. The molecule has 1 N–H and O–H groups in total. The molecule has 28 heavy (non-hydrogen) atoms. The number of methoxy groups -OCH3 is 1. The number of morpholine rings is 1. The number of hydrogen-bond donors (Lipinski definition) is 1. The molecule has 0 bridgehead atoms. The minimum atomic E-state index is -4.07. The highest BCUT2D eigenvalue weighted by molar-refractivity contribution is 7.89. The largest absolute Gasteiger partial charge is 0.497 e. The van der Waals surface area contributed by atoms with Gasteiger partial charge in [-0.25, -0.2) is 21.9 Å². The van der Waals surface area contributed by atoms with E-state index in [1.807, 2.05) is 12.1 Å². The fourth-order valence-electron chi connectivity index (χ4n) is 3.13. The van der Waals surface area contributed by atoms with E-state index in [0.717, 1.165) is 17.7 Å². The molecule has 0 radical (unpaired) electrons. The van der Waals surface area contributed by atoms with Crippen molar-refractivity contribution in [3.05, 3.63) is 59.7 Å². The quantitative estimate of drug-likeness (QED) is 0.756. The van der Waals surface area contributed by atoms with Crippen LogP contribution in [0, 0.1) is 11.6 Å². The normalized spacial score (nSPS) is 16.7. The SMILES string of the molecule is COc1ccc(C(CNS(=O)(=O)c2cc(F)cc(F)c2)N2CCOCC2)cc1. The van der Waals surface area contributed by atoms with Crippen molar-refractivity contribution in [1.82, 2.24) is 9.62 Å². The summed E-state index contributed by atoms with van der Waals surface area (Å²) < 4.78 is 65.0. The Labute approximate surface area is 163 Å². The fourth-order valence-corrected chi connectivity index (χ4v) is 4.21. The number of halogens is 2. The molecule has 1 aliphatic rings. The Balaban J connectivity index is 1.82. The molecule has 152 valence electrons. The van der Waals surface area contributed by atoms with Crippen molar-refractivity contribution >= 4 is 10.0 Å². The molecular weight excluding hydrogens is 390 g/mol. The number of sulfonamides is 1. The summed E-state index contributed by atoms with van der Waals surface area (Å²) in [7, 11) is -2.50. The second-order valence-corrected chi connectivity index (χ2v) is 8.16. The average Bonchev–Trinajstić information content (AvgIpc) is 2.68. The van der Waals surface area contributed by atoms with Crippen LogP contribution in [0.15, 0.2) is 47.4 Å². The zero-order valence-electron chi connectivity index (χ0n) is 15.4. The summed E-state index contributed by atoms with van der Waals surface area (Å²) in [6.07, 6.45) is 0. The zero-order chi connectivity index (χ0) is 20.1. The summed E-state index contributed by atoms with van der Waals surface area (Å²) in [6, 6.07) is 9.31. The van der Waals surface area contributed by atoms with Crippen molar-refractivity contribution in [3.8, 4) is 5.75 Å². The van der Waals surface area contributed by atoms with E-state index in [1.54, 1.807) is 19.2 Å². The van der Waals surface area contributed by atoms with Crippen LogP contribution in [0.1, 0.15) is 11.6 Å². The Hall–Kier alpha value is -2.07. The number of ether oxygens (including phenoxy) is 2. The van der Waals surface area contributed by atoms with Crippen molar-refractivity contribution < 1.29 is 26.7 Å². The van der Waals surface area contributed by atoms with Crippen molar-refractivity contribution in [3.63, 3.8) is 0 Å². The summed E-state index contributed by atoms with van der Waals surface area (Å²) in [5, 5.41) is 0. The lowest BCUT2D eigenvalue weighted by molar-refractivity contribution is 0.0172. The molecular formula is C19H22F2N2O4S. The summed E-state index contributed by atoms with van der Waals surface area (Å²) >= 11 is 0. The van der Waals surface area contributed by atoms with Crippen LogP contribution in [-0.2, 0) is 14.8 Å². The molecule has 1 unspecified atom stereocenters. The molecule has 1 aliphatic heterocycles. The van der Waals surface area contributed by atoms with Gasteiger partial charge in [-0.3, -0.25) is 4.90 Å². The highest BCUT2D eigenvalue weighted by atomic mass is 32.2. The van der Waals surface area contributed by atoms with Gasteiger partial charge in [-0.15, -0.1) is 0 Å². The Morgan fingerprint density at radius 1 is 1.11 bits per heavy atom. The van der Waals surface area contributed by atoms with Gasteiger partial charge < -0.3 is 9.47 Å². The fraction of sp³-hybridized carbons (Fsp3) is 0.368. The van der Waals surface area contributed by atoms with Crippen molar-refractivity contribution in [2.24, 2.45) is 0 Å². The molecule has 3 rings (SSSR count). The van der Waals surface area contributed by atoms with Crippen molar-refractivity contribution in [2.45, 2.75) is 10.9 Å². The number of hydrogen-bond acceptors (Lipinski definition) is 5. The van der Waals surface area contributed by atoms with Crippen LogP contribution in [0.25, 0.3) is 0 Å². The minimum absolute atomic E-state index is 0.0484. The van der Waals surface area contributed by atoms with Crippen LogP contribution >= 0.6 is 0 Å². The van der Waals surface area contributed by atoms with Crippen LogP contribution in [0.2, 0.25) is 0 Å². The predicted octanol–water partition coefficient (Wildman–Crippen LogP) is 2.33. The molecule has 2 aromatic rings. The Bertz CT molecular complexity index is 880. The predicted molar refractivity (Wildman–Crippen MR) is 99.7 cm³/mol. The van der Waals surface area contributed by atoms with E-state index in [2.05, 4.69) is 9.62 Å². The molecule has 6 nitrogen and oxygen atoms in total. The van der Waals surface area contributed by atoms with Gasteiger partial charge in [0.15, 0.2) is 0 Å². The summed E-state index contributed by atoms with van der Waals surface area (Å²) in [4.78, 5) is 1.67. The molecule has 0 amide bonds. The molecule has 0 aromatic heterocycles. The van der Waals surface area contributed by atoms with Gasteiger partial charge in [-0.2, -0.15) is 0 Å². The molecule has 1 saturated heterocycles. The van der Waals surface area contributed by atoms with Gasteiger partial charge in [0.1, 0.15) is 17.4 Å². The minimum Gasteiger partial charge on any atom is -0.497 e. The third kappa shape index (κ3) is 5.05. The van der Waals surface area contributed by atoms with Gasteiger partial charge in [0.25, 0.3) is 0 Å². The Morgan fingerprint density at radius 3 is 2.29 bits per heavy atom. The highest BCUT2D eigenvalue weighted by Gasteiger charge is 2.25. The standard InChI is InChI=1S/C19H22F2N2O4S/c1-26-17-4-2-14(3-5-17)19(23-6-8-27-9-7-23)13-22-28(24,25)18-11-15(20)10-16(21)12-18/h2-5,10-12,19,22H,6-9,13H2,1H3. The zero-order valence-corrected chi connectivity index (χ0v) is 16.2. The van der Waals surface area contributed by atoms with Crippen LogP contribution in [-0.4, -0.2) is 53.3 Å². The molecule has 0 aliphatic carbocycles. The van der Waals surface area contributed by atoms with E-state index in [4.69, 9.17) is 9.47 Å². The van der Waals surface area contributed by atoms with Gasteiger partial charge in [0, 0.05) is 31.7 Å². The number of rotatable bonds is 7. The molecule has 2 aromatic carbocycles. The maximum absolute atomic E-state index is 13.4. The van der Waals surface area contributed by atoms with Gasteiger partial charge in [-0.05, 0) is 29.8 Å². The topological polar surface area (TPSA) is 67.9 Å². The molecule has 1 atom stereocenters. The van der Waals surface area contributed by atoms with Crippen molar-refractivity contribution in [2.75, 3.05) is 40.0 Å². The second-order valence-electron chi connectivity index (χ2n) is 6.39. The van der Waals surface area contributed by atoms with Crippen molar-refractivity contribution in [1.29, 1.82) is 0 Å². The maximum Gasteiger partial charge on any atom is 0.240 e. The lowest BCUT2D eigenvalue weighted by Crippen LogP contribution is -2.43.